The van der Waals surface area contributed by atoms with Crippen molar-refractivity contribution in [2.75, 3.05) is 19.6 Å². The maximum atomic E-state index is 10.0. The number of hydrogen-bond donors (Lipinski definition) is 1. The van der Waals surface area contributed by atoms with E-state index in [1.807, 2.05) is 0 Å². The van der Waals surface area contributed by atoms with Gasteiger partial charge in [0.2, 0.25) is 0 Å². The van der Waals surface area contributed by atoms with Crippen LogP contribution in [-0.2, 0) is 0 Å². The van der Waals surface area contributed by atoms with E-state index in [2.05, 4.69) is 39.5 Å². The molecule has 1 saturated heterocycles. The van der Waals surface area contributed by atoms with Crippen LogP contribution in [0.3, 0.4) is 0 Å². The molecule has 1 heterocycles. The lowest BCUT2D eigenvalue weighted by Gasteiger charge is -2.35. The molecule has 0 amide bonds. The molecular weight excluding hydrogens is 210 g/mol. The quantitative estimate of drug-likeness (QED) is 0.817. The molecule has 0 aromatic rings. The molecule has 1 fully saturated rings. The van der Waals surface area contributed by atoms with Crippen LogP contribution in [0.15, 0.2) is 0 Å². The van der Waals surface area contributed by atoms with E-state index >= 15 is 0 Å². The summed E-state index contributed by atoms with van der Waals surface area (Å²) in [6, 6.07) is 0. The standard InChI is InChI=1S/C15H31NO/c1-12(2)13-6-9-16(10-7-13)11-8-14(17)15(3,4)5/h12-14,17H,6-11H2,1-5H3. The Bertz CT molecular complexity index is 211. The van der Waals surface area contributed by atoms with Crippen LogP contribution in [0, 0.1) is 17.3 Å². The van der Waals surface area contributed by atoms with Gasteiger partial charge >= 0.3 is 0 Å². The summed E-state index contributed by atoms with van der Waals surface area (Å²) in [5.41, 5.74) is 0.0241. The molecule has 0 aromatic heterocycles. The van der Waals surface area contributed by atoms with Crippen molar-refractivity contribution < 1.29 is 5.11 Å². The zero-order chi connectivity index (χ0) is 13.1. The summed E-state index contributed by atoms with van der Waals surface area (Å²) >= 11 is 0. The maximum Gasteiger partial charge on any atom is 0.0600 e. The molecule has 0 radical (unpaired) electrons. The van der Waals surface area contributed by atoms with Crippen molar-refractivity contribution in [3.8, 4) is 0 Å². The van der Waals surface area contributed by atoms with Gasteiger partial charge in [-0.1, -0.05) is 34.6 Å². The fourth-order valence-electron chi connectivity index (χ4n) is 2.58. The molecule has 0 aromatic carbocycles. The Morgan fingerprint density at radius 1 is 1.18 bits per heavy atom. The SMILES string of the molecule is CC(C)C1CCN(CCC(O)C(C)(C)C)CC1. The molecule has 17 heavy (non-hydrogen) atoms. The number of aliphatic hydroxyl groups excluding tert-OH is 1. The van der Waals surface area contributed by atoms with Gasteiger partial charge in [-0.3, -0.25) is 0 Å². The number of piperidine rings is 1. The average Bonchev–Trinajstić information content (AvgIpc) is 2.25. The van der Waals surface area contributed by atoms with Crippen LogP contribution in [0.5, 0.6) is 0 Å². The Balaban J connectivity index is 2.23. The molecule has 1 N–H and O–H groups in total. The fourth-order valence-corrected chi connectivity index (χ4v) is 2.58. The van der Waals surface area contributed by atoms with E-state index in [-0.39, 0.29) is 11.5 Å². The summed E-state index contributed by atoms with van der Waals surface area (Å²) < 4.78 is 0. The molecule has 2 nitrogen and oxygen atoms in total. The van der Waals surface area contributed by atoms with E-state index < -0.39 is 0 Å². The highest BCUT2D eigenvalue weighted by Gasteiger charge is 2.25. The molecule has 0 spiro atoms. The molecule has 0 saturated carbocycles. The van der Waals surface area contributed by atoms with Gasteiger partial charge in [-0.25, -0.2) is 0 Å². The predicted molar refractivity (Wildman–Crippen MR) is 74.1 cm³/mol. The first kappa shape index (κ1) is 15.0. The van der Waals surface area contributed by atoms with Gasteiger partial charge in [-0.15, -0.1) is 0 Å². The topological polar surface area (TPSA) is 23.5 Å². The summed E-state index contributed by atoms with van der Waals surface area (Å²) in [4.78, 5) is 2.52. The van der Waals surface area contributed by atoms with E-state index in [0.29, 0.717) is 0 Å². The Labute approximate surface area is 107 Å². The molecule has 2 heteroatoms. The first-order valence-corrected chi connectivity index (χ1v) is 7.21. The summed E-state index contributed by atoms with van der Waals surface area (Å²) in [5.74, 6) is 1.75. The Kier molecular flexibility index (Phi) is 5.46. The molecule has 1 rings (SSSR count). The van der Waals surface area contributed by atoms with Crippen molar-refractivity contribution in [2.45, 2.75) is 60.0 Å². The first-order valence-electron chi connectivity index (χ1n) is 7.21. The second-order valence-electron chi connectivity index (χ2n) is 7.09. The highest BCUT2D eigenvalue weighted by molar-refractivity contribution is 4.77. The Morgan fingerprint density at radius 3 is 2.12 bits per heavy atom. The molecule has 1 atom stereocenters. The zero-order valence-corrected chi connectivity index (χ0v) is 12.4. The van der Waals surface area contributed by atoms with Crippen molar-refractivity contribution in [1.82, 2.24) is 4.90 Å². The highest BCUT2D eigenvalue weighted by Crippen LogP contribution is 2.26. The second-order valence-corrected chi connectivity index (χ2v) is 7.09. The molecule has 102 valence electrons. The van der Waals surface area contributed by atoms with E-state index in [1.165, 1.54) is 25.9 Å². The van der Waals surface area contributed by atoms with Crippen LogP contribution in [0.1, 0.15) is 53.9 Å². The molecule has 0 bridgehead atoms. The van der Waals surface area contributed by atoms with Crippen molar-refractivity contribution in [2.24, 2.45) is 17.3 Å². The maximum absolute atomic E-state index is 10.0. The van der Waals surface area contributed by atoms with Gasteiger partial charge in [0.15, 0.2) is 0 Å². The van der Waals surface area contributed by atoms with Crippen LogP contribution in [0.4, 0.5) is 0 Å². The predicted octanol–water partition coefficient (Wildman–Crippen LogP) is 3.15. The Morgan fingerprint density at radius 2 is 1.71 bits per heavy atom. The lowest BCUT2D eigenvalue weighted by Crippen LogP contribution is -2.38. The Hall–Kier alpha value is -0.0800. The second kappa shape index (κ2) is 6.19. The minimum Gasteiger partial charge on any atom is -0.393 e. The molecule has 0 aliphatic carbocycles. The molecule has 1 unspecified atom stereocenters. The molecule has 1 aliphatic heterocycles. The summed E-state index contributed by atoms with van der Waals surface area (Å²) in [6.07, 6.45) is 3.41. The van der Waals surface area contributed by atoms with Crippen LogP contribution in [0.25, 0.3) is 0 Å². The van der Waals surface area contributed by atoms with Crippen LogP contribution >= 0.6 is 0 Å². The third-order valence-electron chi connectivity index (χ3n) is 4.29. The van der Waals surface area contributed by atoms with Gasteiger partial charge in [0.05, 0.1) is 6.10 Å². The van der Waals surface area contributed by atoms with Crippen molar-refractivity contribution in [3.63, 3.8) is 0 Å². The van der Waals surface area contributed by atoms with Crippen LogP contribution < -0.4 is 0 Å². The first-order chi connectivity index (χ1) is 7.80. The number of likely N-dealkylation sites (tertiary alicyclic amines) is 1. The van der Waals surface area contributed by atoms with Gasteiger partial charge in [-0.2, -0.15) is 0 Å². The van der Waals surface area contributed by atoms with Crippen molar-refractivity contribution in [3.05, 3.63) is 0 Å². The summed E-state index contributed by atoms with van der Waals surface area (Å²) in [5, 5.41) is 10.0. The third kappa shape index (κ3) is 4.97. The summed E-state index contributed by atoms with van der Waals surface area (Å²) in [6.45, 7) is 14.5. The van der Waals surface area contributed by atoms with Crippen molar-refractivity contribution >= 4 is 0 Å². The van der Waals surface area contributed by atoms with E-state index in [9.17, 15) is 5.11 Å². The van der Waals surface area contributed by atoms with Gasteiger partial charge in [0.25, 0.3) is 0 Å². The smallest absolute Gasteiger partial charge is 0.0600 e. The lowest BCUT2D eigenvalue weighted by atomic mass is 9.85. The number of hydrogen-bond acceptors (Lipinski definition) is 2. The monoisotopic (exact) mass is 241 g/mol. The van der Waals surface area contributed by atoms with Gasteiger partial charge in [0.1, 0.15) is 0 Å². The zero-order valence-electron chi connectivity index (χ0n) is 12.4. The van der Waals surface area contributed by atoms with Gasteiger partial charge in [0, 0.05) is 6.54 Å². The third-order valence-corrected chi connectivity index (χ3v) is 4.29. The lowest BCUT2D eigenvalue weighted by molar-refractivity contribution is 0.0403. The van der Waals surface area contributed by atoms with Crippen LogP contribution in [0.2, 0.25) is 0 Å². The van der Waals surface area contributed by atoms with E-state index in [4.69, 9.17) is 0 Å². The summed E-state index contributed by atoms with van der Waals surface area (Å²) in [7, 11) is 0. The number of rotatable bonds is 4. The fraction of sp³-hybridized carbons (Fsp3) is 1.00. The minimum atomic E-state index is -0.176. The highest BCUT2D eigenvalue weighted by atomic mass is 16.3. The van der Waals surface area contributed by atoms with Gasteiger partial charge in [-0.05, 0) is 49.6 Å². The van der Waals surface area contributed by atoms with Crippen LogP contribution in [-0.4, -0.2) is 35.7 Å². The minimum absolute atomic E-state index is 0.0241. The van der Waals surface area contributed by atoms with E-state index in [1.54, 1.807) is 0 Å². The number of aliphatic hydroxyl groups is 1. The average molecular weight is 241 g/mol. The largest absolute Gasteiger partial charge is 0.393 e. The van der Waals surface area contributed by atoms with E-state index in [0.717, 1.165) is 24.8 Å². The van der Waals surface area contributed by atoms with Crippen molar-refractivity contribution in [1.29, 1.82) is 0 Å². The molecular formula is C15H31NO. The van der Waals surface area contributed by atoms with Gasteiger partial charge < -0.3 is 10.0 Å². The number of nitrogens with zero attached hydrogens (tertiary/aromatic N) is 1. The molecule has 1 aliphatic rings. The normalized spacial score (nSPS) is 22.1.